The predicted octanol–water partition coefficient (Wildman–Crippen LogP) is 2.29. The highest BCUT2D eigenvalue weighted by atomic mass is 32.2. The van der Waals surface area contributed by atoms with Gasteiger partial charge < -0.3 is 5.73 Å². The van der Waals surface area contributed by atoms with Crippen LogP contribution < -0.4 is 5.73 Å². The maximum atomic E-state index is 6.24. The van der Waals surface area contributed by atoms with E-state index in [0.29, 0.717) is 6.04 Å². The summed E-state index contributed by atoms with van der Waals surface area (Å²) in [6, 6.07) is 8.27. The Hall–Kier alpha value is -2.15. The van der Waals surface area contributed by atoms with E-state index in [-0.39, 0.29) is 0 Å². The molecule has 4 rings (SSSR count). The second-order valence-electron chi connectivity index (χ2n) is 4.79. The molecule has 0 bridgehead atoms. The standard InChI is InChI=1S/C13H12N6S/c14-12-9-2-1-7-15-10(9)5-6-11(12)20-13-16-17-18-19(13)8-3-4-8/h1-2,5-8H,3-4,14H2. The molecule has 2 aromatic heterocycles. The Labute approximate surface area is 119 Å². The van der Waals surface area contributed by atoms with Crippen molar-refractivity contribution < 1.29 is 0 Å². The summed E-state index contributed by atoms with van der Waals surface area (Å²) in [5, 5.41) is 13.7. The zero-order chi connectivity index (χ0) is 13.5. The third-order valence-corrected chi connectivity index (χ3v) is 4.37. The molecule has 0 radical (unpaired) electrons. The van der Waals surface area contributed by atoms with Gasteiger partial charge in [-0.1, -0.05) is 0 Å². The molecule has 6 nitrogen and oxygen atoms in total. The average molecular weight is 284 g/mol. The third-order valence-electron chi connectivity index (χ3n) is 3.34. The summed E-state index contributed by atoms with van der Waals surface area (Å²) in [4.78, 5) is 5.26. The molecule has 2 N–H and O–H groups in total. The van der Waals surface area contributed by atoms with Crippen LogP contribution in [0.4, 0.5) is 5.69 Å². The molecule has 2 heterocycles. The summed E-state index contributed by atoms with van der Waals surface area (Å²) in [6.45, 7) is 0. The van der Waals surface area contributed by atoms with E-state index in [1.54, 1.807) is 6.20 Å². The maximum absolute atomic E-state index is 6.24. The van der Waals surface area contributed by atoms with Gasteiger partial charge in [0.2, 0.25) is 5.16 Å². The zero-order valence-corrected chi connectivity index (χ0v) is 11.4. The summed E-state index contributed by atoms with van der Waals surface area (Å²) in [5.41, 5.74) is 7.87. The Balaban J connectivity index is 1.75. The van der Waals surface area contributed by atoms with Gasteiger partial charge in [-0.2, -0.15) is 0 Å². The van der Waals surface area contributed by atoms with E-state index >= 15 is 0 Å². The van der Waals surface area contributed by atoms with Crippen LogP contribution in [0.25, 0.3) is 10.9 Å². The first-order valence-corrected chi connectivity index (χ1v) is 7.23. The Morgan fingerprint density at radius 3 is 3.00 bits per heavy atom. The molecule has 1 saturated carbocycles. The van der Waals surface area contributed by atoms with Crippen molar-refractivity contribution in [3.05, 3.63) is 30.5 Å². The predicted molar refractivity (Wildman–Crippen MR) is 76.4 cm³/mol. The number of nitrogen functional groups attached to an aromatic ring is 1. The quantitative estimate of drug-likeness (QED) is 0.743. The lowest BCUT2D eigenvalue weighted by Crippen LogP contribution is -1.99. The van der Waals surface area contributed by atoms with Crippen molar-refractivity contribution in [2.24, 2.45) is 0 Å². The molecule has 0 aliphatic heterocycles. The highest BCUT2D eigenvalue weighted by Crippen LogP contribution is 2.40. The van der Waals surface area contributed by atoms with Gasteiger partial charge in [0, 0.05) is 16.5 Å². The largest absolute Gasteiger partial charge is 0.397 e. The van der Waals surface area contributed by atoms with Gasteiger partial charge in [0.25, 0.3) is 0 Å². The molecule has 7 heteroatoms. The van der Waals surface area contributed by atoms with E-state index in [1.165, 1.54) is 11.8 Å². The second-order valence-corrected chi connectivity index (χ2v) is 5.80. The average Bonchev–Trinajstić information content (AvgIpc) is 3.22. The van der Waals surface area contributed by atoms with E-state index in [4.69, 9.17) is 5.73 Å². The van der Waals surface area contributed by atoms with Gasteiger partial charge in [-0.25, -0.2) is 4.68 Å². The van der Waals surface area contributed by atoms with Crippen molar-refractivity contribution in [3.8, 4) is 0 Å². The topological polar surface area (TPSA) is 82.5 Å². The first kappa shape index (κ1) is 11.7. The molecular weight excluding hydrogens is 272 g/mol. The number of nitrogens with two attached hydrogens (primary N) is 1. The number of benzene rings is 1. The SMILES string of the molecule is Nc1c(Sc2nnnn2C2CC2)ccc2ncccc12. The van der Waals surface area contributed by atoms with Crippen molar-refractivity contribution in [3.63, 3.8) is 0 Å². The number of fused-ring (bicyclic) bond motifs is 1. The molecule has 1 aliphatic carbocycles. The van der Waals surface area contributed by atoms with Gasteiger partial charge in [0.1, 0.15) is 0 Å². The summed E-state index contributed by atoms with van der Waals surface area (Å²) >= 11 is 1.50. The lowest BCUT2D eigenvalue weighted by molar-refractivity contribution is 0.565. The fourth-order valence-electron chi connectivity index (χ4n) is 2.14. The third kappa shape index (κ3) is 1.90. The highest BCUT2D eigenvalue weighted by Gasteiger charge is 2.28. The minimum Gasteiger partial charge on any atom is -0.397 e. The molecule has 0 spiro atoms. The van der Waals surface area contributed by atoms with Crippen LogP contribution in [0.2, 0.25) is 0 Å². The van der Waals surface area contributed by atoms with Gasteiger partial charge in [-0.3, -0.25) is 4.98 Å². The molecule has 0 unspecified atom stereocenters. The van der Waals surface area contributed by atoms with Crippen LogP contribution in [0.5, 0.6) is 0 Å². The highest BCUT2D eigenvalue weighted by molar-refractivity contribution is 7.99. The summed E-state index contributed by atoms with van der Waals surface area (Å²) < 4.78 is 1.89. The normalized spacial score (nSPS) is 14.8. The van der Waals surface area contributed by atoms with Crippen LogP contribution in [-0.2, 0) is 0 Å². The van der Waals surface area contributed by atoms with E-state index in [2.05, 4.69) is 20.5 Å². The summed E-state index contributed by atoms with van der Waals surface area (Å²) in [7, 11) is 0. The van der Waals surface area contributed by atoms with Gasteiger partial charge in [-0.15, -0.1) is 5.10 Å². The number of hydrogen-bond acceptors (Lipinski definition) is 6. The minimum absolute atomic E-state index is 0.454. The van der Waals surface area contributed by atoms with Crippen LogP contribution in [-0.4, -0.2) is 25.2 Å². The fraction of sp³-hybridized carbons (Fsp3) is 0.231. The van der Waals surface area contributed by atoms with Crippen LogP contribution in [0.3, 0.4) is 0 Å². The molecule has 0 saturated heterocycles. The Kier molecular flexibility index (Phi) is 2.59. The van der Waals surface area contributed by atoms with Crippen LogP contribution in [0.1, 0.15) is 18.9 Å². The number of aromatic nitrogens is 5. The summed E-state index contributed by atoms with van der Waals surface area (Å²) in [5.74, 6) is 0. The van der Waals surface area contributed by atoms with Gasteiger partial charge in [-0.05, 0) is 59.3 Å². The van der Waals surface area contributed by atoms with Gasteiger partial charge in [0.15, 0.2) is 0 Å². The number of rotatable bonds is 3. The van der Waals surface area contributed by atoms with Crippen LogP contribution in [0, 0.1) is 0 Å². The second kappa shape index (κ2) is 4.45. The fourth-order valence-corrected chi connectivity index (χ4v) is 3.05. The molecule has 0 amide bonds. The minimum atomic E-state index is 0.454. The van der Waals surface area contributed by atoms with Crippen molar-refractivity contribution >= 4 is 28.4 Å². The molecule has 1 aliphatic rings. The molecule has 1 fully saturated rings. The first-order chi connectivity index (χ1) is 9.83. The van der Waals surface area contributed by atoms with E-state index in [0.717, 1.165) is 39.5 Å². The zero-order valence-electron chi connectivity index (χ0n) is 10.6. The van der Waals surface area contributed by atoms with E-state index in [9.17, 15) is 0 Å². The monoisotopic (exact) mass is 284 g/mol. The van der Waals surface area contributed by atoms with E-state index in [1.807, 2.05) is 28.9 Å². The number of hydrogen-bond donors (Lipinski definition) is 1. The van der Waals surface area contributed by atoms with Gasteiger partial charge in [0.05, 0.1) is 17.2 Å². The van der Waals surface area contributed by atoms with Crippen molar-refractivity contribution in [1.29, 1.82) is 0 Å². The molecular formula is C13H12N6S. The first-order valence-electron chi connectivity index (χ1n) is 6.42. The van der Waals surface area contributed by atoms with Crippen molar-refractivity contribution in [2.45, 2.75) is 28.9 Å². The molecule has 0 atom stereocenters. The van der Waals surface area contributed by atoms with Crippen molar-refractivity contribution in [1.82, 2.24) is 25.2 Å². The molecule has 3 aromatic rings. The van der Waals surface area contributed by atoms with E-state index < -0.39 is 0 Å². The van der Waals surface area contributed by atoms with Gasteiger partial charge >= 0.3 is 0 Å². The lowest BCUT2D eigenvalue weighted by atomic mass is 10.2. The number of anilines is 1. The molecule has 20 heavy (non-hydrogen) atoms. The number of pyridine rings is 1. The molecule has 100 valence electrons. The Morgan fingerprint density at radius 1 is 1.25 bits per heavy atom. The van der Waals surface area contributed by atoms with Crippen LogP contribution in [0.15, 0.2) is 40.5 Å². The van der Waals surface area contributed by atoms with Crippen LogP contribution >= 0.6 is 11.8 Å². The Morgan fingerprint density at radius 2 is 2.15 bits per heavy atom. The van der Waals surface area contributed by atoms with Crippen molar-refractivity contribution in [2.75, 3.05) is 5.73 Å². The number of nitrogens with zero attached hydrogens (tertiary/aromatic N) is 5. The smallest absolute Gasteiger partial charge is 0.214 e. The Bertz CT molecular complexity index is 779. The maximum Gasteiger partial charge on any atom is 0.214 e. The molecule has 1 aromatic carbocycles. The summed E-state index contributed by atoms with van der Waals surface area (Å²) in [6.07, 6.45) is 4.06. The lowest BCUT2D eigenvalue weighted by Gasteiger charge is -2.08. The number of tetrazole rings is 1.